The monoisotopic (exact) mass is 244 g/mol. The second-order valence-electron chi connectivity index (χ2n) is 3.90. The minimum absolute atomic E-state index is 0.0687. The molecule has 0 amide bonds. The van der Waals surface area contributed by atoms with Crippen molar-refractivity contribution < 1.29 is 9.90 Å². The van der Waals surface area contributed by atoms with Gasteiger partial charge in [0.25, 0.3) is 0 Å². The Bertz CT molecular complexity index is 504. The number of carboxylic acids is 1. The maximum Gasteiger partial charge on any atom is 0.303 e. The van der Waals surface area contributed by atoms with E-state index in [1.165, 1.54) is 0 Å². The van der Waals surface area contributed by atoms with Gasteiger partial charge in [0.1, 0.15) is 0 Å². The Morgan fingerprint density at radius 2 is 2.17 bits per heavy atom. The molecule has 0 radical (unpaired) electrons. The lowest BCUT2D eigenvalue weighted by atomic mass is 10.1. The first kappa shape index (κ1) is 13.8. The highest BCUT2D eigenvalue weighted by molar-refractivity contribution is 5.73. The van der Waals surface area contributed by atoms with E-state index in [9.17, 15) is 4.79 Å². The van der Waals surface area contributed by atoms with Gasteiger partial charge in [-0.2, -0.15) is 0 Å². The van der Waals surface area contributed by atoms with Gasteiger partial charge in [-0.25, -0.2) is 4.98 Å². The highest BCUT2D eigenvalue weighted by Crippen LogP contribution is 2.16. The van der Waals surface area contributed by atoms with Crippen LogP contribution in [-0.4, -0.2) is 21.0 Å². The van der Waals surface area contributed by atoms with E-state index >= 15 is 0 Å². The van der Waals surface area contributed by atoms with Crippen molar-refractivity contribution in [2.24, 2.45) is 0 Å². The number of rotatable bonds is 6. The molecule has 1 aromatic heterocycles. The Morgan fingerprint density at radius 1 is 1.44 bits per heavy atom. The van der Waals surface area contributed by atoms with Gasteiger partial charge < -0.3 is 5.11 Å². The van der Waals surface area contributed by atoms with Crippen LogP contribution < -0.4 is 0 Å². The van der Waals surface area contributed by atoms with Gasteiger partial charge in [-0.15, -0.1) is 0 Å². The molecule has 18 heavy (non-hydrogen) atoms. The molecule has 0 aliphatic carbocycles. The zero-order valence-electron chi connectivity index (χ0n) is 10.4. The Balaban J connectivity index is 2.86. The number of nitrogens with zero attached hydrogens (tertiary/aromatic N) is 2. The van der Waals surface area contributed by atoms with E-state index in [1.807, 2.05) is 6.92 Å². The number of carbonyl (C=O) groups is 1. The van der Waals surface area contributed by atoms with Crippen LogP contribution in [0.25, 0.3) is 5.57 Å². The van der Waals surface area contributed by atoms with Crippen molar-refractivity contribution in [2.75, 3.05) is 0 Å². The van der Waals surface area contributed by atoms with Crippen LogP contribution in [0.5, 0.6) is 0 Å². The number of hydrogen-bond donors (Lipinski definition) is 1. The van der Waals surface area contributed by atoms with Crippen LogP contribution in [0.15, 0.2) is 43.3 Å². The predicted octanol–water partition coefficient (Wildman–Crippen LogP) is 2.78. The van der Waals surface area contributed by atoms with Crippen molar-refractivity contribution in [1.29, 1.82) is 0 Å². The lowest BCUT2D eigenvalue weighted by Gasteiger charge is -2.04. The Kier molecular flexibility index (Phi) is 4.99. The third-order valence-corrected chi connectivity index (χ3v) is 2.29. The average Bonchev–Trinajstić information content (AvgIpc) is 2.33. The third kappa shape index (κ3) is 4.33. The molecule has 4 heteroatoms. The van der Waals surface area contributed by atoms with Gasteiger partial charge in [0.05, 0.1) is 17.6 Å². The standard InChI is InChI=1S/C14H16N2O2/c1-4-12(7-10(2)5-6-14(17)18)13-9-15-8-11(3)16-13/h4,7-9H,1-2,5-6H2,3H3,(H,17,18)/b12-7+. The van der Waals surface area contributed by atoms with Crippen LogP contribution in [0, 0.1) is 6.92 Å². The summed E-state index contributed by atoms with van der Waals surface area (Å²) in [5.74, 6) is -0.833. The Hall–Kier alpha value is -2.23. The molecule has 0 saturated heterocycles. The molecule has 1 aromatic rings. The second-order valence-corrected chi connectivity index (χ2v) is 3.90. The molecule has 1 N–H and O–H groups in total. The van der Waals surface area contributed by atoms with E-state index in [0.29, 0.717) is 12.1 Å². The molecular weight excluding hydrogens is 228 g/mol. The number of aliphatic carboxylic acids is 1. The summed E-state index contributed by atoms with van der Waals surface area (Å²) in [6, 6.07) is 0. The molecule has 0 aromatic carbocycles. The minimum Gasteiger partial charge on any atom is -0.481 e. The van der Waals surface area contributed by atoms with Gasteiger partial charge in [0, 0.05) is 18.2 Å². The van der Waals surface area contributed by atoms with E-state index < -0.39 is 5.97 Å². The van der Waals surface area contributed by atoms with Gasteiger partial charge in [-0.05, 0) is 13.3 Å². The highest BCUT2D eigenvalue weighted by Gasteiger charge is 2.03. The van der Waals surface area contributed by atoms with Gasteiger partial charge in [0.15, 0.2) is 0 Å². The van der Waals surface area contributed by atoms with Crippen molar-refractivity contribution in [3.05, 3.63) is 54.7 Å². The quantitative estimate of drug-likeness (QED) is 0.781. The second kappa shape index (κ2) is 6.49. The molecule has 4 nitrogen and oxygen atoms in total. The summed E-state index contributed by atoms with van der Waals surface area (Å²) in [4.78, 5) is 18.9. The third-order valence-electron chi connectivity index (χ3n) is 2.29. The molecule has 1 heterocycles. The topological polar surface area (TPSA) is 63.1 Å². The van der Waals surface area contributed by atoms with Crippen LogP contribution in [-0.2, 0) is 4.79 Å². The lowest BCUT2D eigenvalue weighted by molar-refractivity contribution is -0.136. The highest BCUT2D eigenvalue weighted by atomic mass is 16.4. The fourth-order valence-corrected chi connectivity index (χ4v) is 1.40. The molecule has 0 aliphatic rings. The van der Waals surface area contributed by atoms with Crippen molar-refractivity contribution in [1.82, 2.24) is 9.97 Å². The van der Waals surface area contributed by atoms with E-state index in [0.717, 1.165) is 16.8 Å². The van der Waals surface area contributed by atoms with Crippen molar-refractivity contribution in [2.45, 2.75) is 19.8 Å². The SMILES string of the molecule is C=C/C(=C\C(=C)CCC(=O)O)c1cncc(C)n1. The number of hydrogen-bond acceptors (Lipinski definition) is 3. The fourth-order valence-electron chi connectivity index (χ4n) is 1.40. The van der Waals surface area contributed by atoms with Crippen LogP contribution in [0.4, 0.5) is 0 Å². The van der Waals surface area contributed by atoms with Crippen LogP contribution >= 0.6 is 0 Å². The smallest absolute Gasteiger partial charge is 0.303 e. The van der Waals surface area contributed by atoms with Gasteiger partial charge in [0.2, 0.25) is 0 Å². The van der Waals surface area contributed by atoms with Crippen molar-refractivity contribution in [3.8, 4) is 0 Å². The molecule has 0 spiro atoms. The number of carboxylic acid groups (broad SMARTS) is 1. The molecule has 0 saturated carbocycles. The summed E-state index contributed by atoms with van der Waals surface area (Å²) < 4.78 is 0. The Labute approximate surface area is 106 Å². The molecule has 0 unspecified atom stereocenters. The first-order valence-corrected chi connectivity index (χ1v) is 5.55. The first-order chi connectivity index (χ1) is 8.52. The van der Waals surface area contributed by atoms with E-state index in [1.54, 1.807) is 24.5 Å². The molecule has 0 atom stereocenters. The lowest BCUT2D eigenvalue weighted by Crippen LogP contribution is -1.95. The summed E-state index contributed by atoms with van der Waals surface area (Å²) >= 11 is 0. The zero-order valence-corrected chi connectivity index (χ0v) is 10.4. The van der Waals surface area contributed by atoms with Gasteiger partial charge in [-0.3, -0.25) is 9.78 Å². The molecule has 0 aliphatic heterocycles. The summed E-state index contributed by atoms with van der Waals surface area (Å²) in [6.45, 7) is 9.41. The summed E-state index contributed by atoms with van der Waals surface area (Å²) in [5, 5.41) is 8.60. The van der Waals surface area contributed by atoms with E-state index in [4.69, 9.17) is 5.11 Å². The van der Waals surface area contributed by atoms with Crippen LogP contribution in [0.1, 0.15) is 24.2 Å². The first-order valence-electron chi connectivity index (χ1n) is 5.55. The minimum atomic E-state index is -0.833. The molecular formula is C14H16N2O2. The number of aryl methyl sites for hydroxylation is 1. The predicted molar refractivity (Wildman–Crippen MR) is 71.0 cm³/mol. The van der Waals surface area contributed by atoms with Crippen molar-refractivity contribution in [3.63, 3.8) is 0 Å². The number of allylic oxidation sites excluding steroid dienone is 4. The van der Waals surface area contributed by atoms with Crippen LogP contribution in [0.2, 0.25) is 0 Å². The van der Waals surface area contributed by atoms with Gasteiger partial charge >= 0.3 is 5.97 Å². The molecule has 0 fully saturated rings. The average molecular weight is 244 g/mol. The number of aromatic nitrogens is 2. The van der Waals surface area contributed by atoms with E-state index in [-0.39, 0.29) is 6.42 Å². The maximum absolute atomic E-state index is 10.5. The molecule has 0 bridgehead atoms. The summed E-state index contributed by atoms with van der Waals surface area (Å²) in [6.07, 6.45) is 7.24. The zero-order chi connectivity index (χ0) is 13.5. The van der Waals surface area contributed by atoms with Crippen LogP contribution in [0.3, 0.4) is 0 Å². The van der Waals surface area contributed by atoms with Crippen molar-refractivity contribution >= 4 is 11.5 Å². The van der Waals surface area contributed by atoms with Gasteiger partial charge in [-0.1, -0.05) is 30.9 Å². The molecule has 94 valence electrons. The fraction of sp³-hybridized carbons (Fsp3) is 0.214. The van der Waals surface area contributed by atoms with E-state index in [2.05, 4.69) is 23.1 Å². The molecule has 1 rings (SSSR count). The summed E-state index contributed by atoms with van der Waals surface area (Å²) in [7, 11) is 0. The summed E-state index contributed by atoms with van der Waals surface area (Å²) in [5.41, 5.74) is 3.05. The normalized spacial score (nSPS) is 11.1. The largest absolute Gasteiger partial charge is 0.481 e. The Morgan fingerprint density at radius 3 is 2.72 bits per heavy atom. The maximum atomic E-state index is 10.5.